The Labute approximate surface area is 151 Å². The zero-order valence-corrected chi connectivity index (χ0v) is 14.6. The van der Waals surface area contributed by atoms with E-state index < -0.39 is 6.10 Å². The molecule has 8 heteroatoms. The second-order valence-electron chi connectivity index (χ2n) is 6.51. The molecule has 2 aliphatic rings. The van der Waals surface area contributed by atoms with Crippen molar-refractivity contribution in [3.8, 4) is 5.88 Å². The Kier molecular flexibility index (Phi) is 4.75. The molecule has 2 fully saturated rings. The zero-order valence-electron chi connectivity index (χ0n) is 14.6. The second kappa shape index (κ2) is 7.33. The highest BCUT2D eigenvalue weighted by molar-refractivity contribution is 5.80. The smallest absolute Gasteiger partial charge is 0.249 e. The van der Waals surface area contributed by atoms with Gasteiger partial charge >= 0.3 is 0 Å². The van der Waals surface area contributed by atoms with Gasteiger partial charge in [-0.25, -0.2) is 9.97 Å². The predicted octanol–water partition coefficient (Wildman–Crippen LogP) is 1.52. The van der Waals surface area contributed by atoms with E-state index in [0.717, 1.165) is 31.0 Å². The molecule has 0 bridgehead atoms. The molecule has 0 aliphatic carbocycles. The van der Waals surface area contributed by atoms with Crippen LogP contribution >= 0.6 is 0 Å². The summed E-state index contributed by atoms with van der Waals surface area (Å²) in [5, 5.41) is 2.88. The molecule has 1 N–H and O–H groups in total. The van der Waals surface area contributed by atoms with Crippen molar-refractivity contribution in [2.45, 2.75) is 44.1 Å². The molecule has 0 aromatic carbocycles. The number of carbonyl (C=O) groups excluding carboxylic acids is 1. The lowest BCUT2D eigenvalue weighted by Crippen LogP contribution is -2.47. The number of aromatic nitrogens is 2. The van der Waals surface area contributed by atoms with Gasteiger partial charge in [-0.1, -0.05) is 0 Å². The van der Waals surface area contributed by atoms with E-state index in [0.29, 0.717) is 18.8 Å². The number of nitrogens with zero attached hydrogens (tertiary/aromatic N) is 3. The maximum atomic E-state index is 12.4. The highest BCUT2D eigenvalue weighted by atomic mass is 16.5. The first-order valence-electron chi connectivity index (χ1n) is 8.83. The van der Waals surface area contributed by atoms with Crippen LogP contribution in [0.25, 0.3) is 0 Å². The van der Waals surface area contributed by atoms with Crippen LogP contribution in [0.2, 0.25) is 0 Å². The highest BCUT2D eigenvalue weighted by Gasteiger charge is 2.42. The summed E-state index contributed by atoms with van der Waals surface area (Å²) in [5.41, 5.74) is 0. The van der Waals surface area contributed by atoms with Crippen LogP contribution in [0.3, 0.4) is 0 Å². The molecule has 2 aromatic rings. The summed E-state index contributed by atoms with van der Waals surface area (Å²) in [6.07, 6.45) is 5.17. The number of hydrogen-bond donors (Lipinski definition) is 1. The Morgan fingerprint density at radius 2 is 2.31 bits per heavy atom. The van der Waals surface area contributed by atoms with E-state index in [4.69, 9.17) is 13.9 Å². The summed E-state index contributed by atoms with van der Waals surface area (Å²) in [7, 11) is 1.59. The number of carbonyl (C=O) groups is 1. The van der Waals surface area contributed by atoms with Gasteiger partial charge in [0, 0.05) is 12.6 Å². The minimum atomic E-state index is -0.411. The number of ether oxygens (including phenoxy) is 2. The van der Waals surface area contributed by atoms with Crippen molar-refractivity contribution in [1.29, 1.82) is 0 Å². The minimum absolute atomic E-state index is 0.0315. The molecule has 26 heavy (non-hydrogen) atoms. The van der Waals surface area contributed by atoms with Gasteiger partial charge in [0.15, 0.2) is 0 Å². The lowest BCUT2D eigenvalue weighted by Gasteiger charge is -2.35. The predicted molar refractivity (Wildman–Crippen MR) is 92.8 cm³/mol. The van der Waals surface area contributed by atoms with Crippen LogP contribution in [0.4, 0.5) is 5.82 Å². The van der Waals surface area contributed by atoms with Gasteiger partial charge in [-0.05, 0) is 31.4 Å². The molecule has 3 atom stereocenters. The topological polar surface area (TPSA) is 89.7 Å². The number of anilines is 1. The fraction of sp³-hybridized carbons (Fsp3) is 0.500. The minimum Gasteiger partial charge on any atom is -0.481 e. The van der Waals surface area contributed by atoms with Gasteiger partial charge in [0.05, 0.1) is 32.1 Å². The maximum Gasteiger partial charge on any atom is 0.249 e. The first-order chi connectivity index (χ1) is 12.7. The van der Waals surface area contributed by atoms with Gasteiger partial charge in [-0.15, -0.1) is 0 Å². The van der Waals surface area contributed by atoms with E-state index in [1.54, 1.807) is 19.4 Å². The molecule has 2 aromatic heterocycles. The van der Waals surface area contributed by atoms with E-state index in [-0.39, 0.29) is 18.1 Å². The summed E-state index contributed by atoms with van der Waals surface area (Å²) in [4.78, 5) is 23.0. The van der Waals surface area contributed by atoms with Crippen molar-refractivity contribution in [1.82, 2.24) is 15.3 Å². The molecule has 0 spiro atoms. The normalized spacial score (nSPS) is 25.0. The van der Waals surface area contributed by atoms with Crippen molar-refractivity contribution in [3.05, 3.63) is 36.5 Å². The standard InChI is InChI=1S/C18H22N4O4/c1-24-17-9-16(20-11-21-17)22-7-6-14-13(22)4-5-15(26-14)18(23)19-10-12-3-2-8-25-12/h2-3,8-9,11,13-15H,4-7,10H2,1H3,(H,19,23)/t13-,14-,15+/m1/s1. The maximum absolute atomic E-state index is 12.4. The van der Waals surface area contributed by atoms with Gasteiger partial charge in [-0.3, -0.25) is 4.79 Å². The molecule has 138 valence electrons. The van der Waals surface area contributed by atoms with Gasteiger partial charge in [-0.2, -0.15) is 0 Å². The van der Waals surface area contributed by atoms with Crippen LogP contribution < -0.4 is 15.0 Å². The Hall–Kier alpha value is -2.61. The average Bonchev–Trinajstić information content (AvgIpc) is 3.35. The summed E-state index contributed by atoms with van der Waals surface area (Å²) < 4.78 is 16.5. The third-order valence-corrected chi connectivity index (χ3v) is 4.99. The Bertz CT molecular complexity index is 751. The number of rotatable bonds is 5. The molecular formula is C18H22N4O4. The Morgan fingerprint density at radius 3 is 3.12 bits per heavy atom. The van der Waals surface area contributed by atoms with Crippen molar-refractivity contribution < 1.29 is 18.7 Å². The van der Waals surface area contributed by atoms with Crippen molar-refractivity contribution in [2.75, 3.05) is 18.6 Å². The van der Waals surface area contributed by atoms with E-state index in [9.17, 15) is 4.79 Å². The Balaban J connectivity index is 1.36. The summed E-state index contributed by atoms with van der Waals surface area (Å²) in [6, 6.07) is 5.70. The fourth-order valence-corrected chi connectivity index (χ4v) is 3.70. The number of nitrogens with one attached hydrogen (secondary N) is 1. The van der Waals surface area contributed by atoms with Crippen molar-refractivity contribution >= 4 is 11.7 Å². The summed E-state index contributed by atoms with van der Waals surface area (Å²) in [6.45, 7) is 1.23. The molecular weight excluding hydrogens is 336 g/mol. The van der Waals surface area contributed by atoms with Crippen molar-refractivity contribution in [3.63, 3.8) is 0 Å². The number of amides is 1. The van der Waals surface area contributed by atoms with Crippen LogP contribution in [0.5, 0.6) is 5.88 Å². The molecule has 0 saturated carbocycles. The molecule has 4 heterocycles. The number of fused-ring (bicyclic) bond motifs is 1. The van der Waals surface area contributed by atoms with Crippen LogP contribution in [0.15, 0.2) is 35.2 Å². The molecule has 2 aliphatic heterocycles. The number of hydrogen-bond acceptors (Lipinski definition) is 7. The largest absolute Gasteiger partial charge is 0.481 e. The van der Waals surface area contributed by atoms with Crippen molar-refractivity contribution in [2.24, 2.45) is 0 Å². The van der Waals surface area contributed by atoms with Crippen LogP contribution in [0, 0.1) is 0 Å². The first-order valence-corrected chi connectivity index (χ1v) is 8.83. The lowest BCUT2D eigenvalue weighted by atomic mass is 9.98. The van der Waals surface area contributed by atoms with Gasteiger partial charge in [0.25, 0.3) is 0 Å². The lowest BCUT2D eigenvalue weighted by molar-refractivity contribution is -0.141. The third kappa shape index (κ3) is 3.37. The van der Waals surface area contributed by atoms with Gasteiger partial charge in [0.1, 0.15) is 24.0 Å². The van der Waals surface area contributed by atoms with E-state index in [1.807, 2.05) is 12.1 Å². The molecule has 1 amide bonds. The van der Waals surface area contributed by atoms with Gasteiger partial charge < -0.3 is 24.1 Å². The summed E-state index contributed by atoms with van der Waals surface area (Å²) in [5.74, 6) is 2.04. The Morgan fingerprint density at radius 1 is 1.38 bits per heavy atom. The number of furan rings is 1. The zero-order chi connectivity index (χ0) is 17.9. The fourth-order valence-electron chi connectivity index (χ4n) is 3.70. The number of methoxy groups -OCH3 is 1. The van der Waals surface area contributed by atoms with E-state index >= 15 is 0 Å². The van der Waals surface area contributed by atoms with Crippen LogP contribution in [-0.2, 0) is 16.1 Å². The SMILES string of the molecule is COc1cc(N2CC[C@H]3O[C@H](C(=O)NCc4ccco4)CC[C@H]32)ncn1. The molecule has 0 unspecified atom stereocenters. The van der Waals surface area contributed by atoms with E-state index in [1.165, 1.54) is 6.33 Å². The molecule has 4 rings (SSSR count). The first kappa shape index (κ1) is 16.8. The second-order valence-corrected chi connectivity index (χ2v) is 6.51. The average molecular weight is 358 g/mol. The third-order valence-electron chi connectivity index (χ3n) is 4.99. The monoisotopic (exact) mass is 358 g/mol. The van der Waals surface area contributed by atoms with E-state index in [2.05, 4.69) is 20.2 Å². The van der Waals surface area contributed by atoms with Gasteiger partial charge in [0.2, 0.25) is 11.8 Å². The molecule has 0 radical (unpaired) electrons. The quantitative estimate of drug-likeness (QED) is 0.867. The highest BCUT2D eigenvalue weighted by Crippen LogP contribution is 2.34. The molecule has 8 nitrogen and oxygen atoms in total. The molecule has 2 saturated heterocycles. The van der Waals surface area contributed by atoms with Crippen LogP contribution in [0.1, 0.15) is 25.0 Å². The van der Waals surface area contributed by atoms with Crippen LogP contribution in [-0.4, -0.2) is 47.8 Å². The summed E-state index contributed by atoms with van der Waals surface area (Å²) >= 11 is 0.